The summed E-state index contributed by atoms with van der Waals surface area (Å²) in [5, 5.41) is 0. The molecule has 5 N–H and O–H groups in total. The summed E-state index contributed by atoms with van der Waals surface area (Å²) in [7, 11) is 0. The van der Waals surface area contributed by atoms with Crippen LogP contribution < -0.4 is 6.15 Å². The Bertz CT molecular complexity index is 11.6. The summed E-state index contributed by atoms with van der Waals surface area (Å²) in [6, 6.07) is 0. The van der Waals surface area contributed by atoms with E-state index in [-0.39, 0.29) is 88.7 Å². The first-order valence-corrected chi connectivity index (χ1v) is 0. The molecule has 36 valence electrons. The second kappa shape index (κ2) is 32.3. The second-order valence-electron chi connectivity index (χ2n) is 0. The Morgan fingerprint density at radius 3 is 1.00 bits per heavy atom. The van der Waals surface area contributed by atoms with Crippen LogP contribution in [0.2, 0.25) is 0 Å². The molecule has 0 rings (SSSR count). The molecule has 5 heteroatoms. The summed E-state index contributed by atoms with van der Waals surface area (Å²) in [4.78, 5) is 0. The van der Waals surface area contributed by atoms with Crippen molar-refractivity contribution in [1.29, 1.82) is 0 Å². The molecule has 0 heterocycles. The summed E-state index contributed by atoms with van der Waals surface area (Å²) >= 11 is 0. The summed E-state index contributed by atoms with van der Waals surface area (Å²) in [6.45, 7) is 0. The van der Waals surface area contributed by atoms with Crippen molar-refractivity contribution in [2.24, 2.45) is 0 Å². The molecular weight excluding hydrogens is 309 g/mol. The van der Waals surface area contributed by atoms with Crippen LogP contribution in [0.25, 0.3) is 0 Å². The number of hydrogen-bond acceptors (Lipinski definition) is 1. The van der Waals surface area contributed by atoms with Crippen LogP contribution in [0.15, 0.2) is 0 Å². The minimum Gasteiger partial charge on any atom is -0.870 e. The van der Waals surface area contributed by atoms with Crippen molar-refractivity contribution in [1.82, 2.24) is 6.15 Å². The fourth-order valence-corrected chi connectivity index (χ4v) is 0. The molecule has 0 aromatic heterocycles. The van der Waals surface area contributed by atoms with Crippen molar-refractivity contribution >= 4 is 19.8 Å². The Morgan fingerprint density at radius 2 is 1.00 bits per heavy atom. The normalized spacial score (nSPS) is 0. The standard InChI is InChI=1S/Cr.Ga.Gd.H3N.H2O.3H/h;;;1H3;1H2;;;. The van der Waals surface area contributed by atoms with E-state index < -0.39 is 0 Å². The van der Waals surface area contributed by atoms with Gasteiger partial charge < -0.3 is 11.6 Å². The molecule has 2 nitrogen and oxygen atoms in total. The zero-order valence-electron chi connectivity index (χ0n) is 2.21. The van der Waals surface area contributed by atoms with Gasteiger partial charge in [0.25, 0.3) is 0 Å². The van der Waals surface area contributed by atoms with E-state index in [0.29, 0.717) is 0 Å². The Hall–Kier alpha value is 2.41. The van der Waals surface area contributed by atoms with E-state index in [9.17, 15) is 0 Å². The molecule has 0 atom stereocenters. The maximum Gasteiger partial charge on any atom is 0 e. The molecule has 0 saturated heterocycles. The maximum atomic E-state index is 0. The van der Waals surface area contributed by atoms with Gasteiger partial charge in [-0.1, -0.05) is 0 Å². The molecule has 0 bridgehead atoms. The topological polar surface area (TPSA) is 66.5 Å². The molecule has 0 aliphatic rings. The van der Waals surface area contributed by atoms with Crippen LogP contribution in [-0.2, 0) is 17.4 Å². The molecule has 5 heavy (non-hydrogen) atoms. The van der Waals surface area contributed by atoms with Gasteiger partial charge in [-0.15, -0.1) is 0 Å². The van der Waals surface area contributed by atoms with Crippen LogP contribution in [0.4, 0.5) is 0 Å². The largest absolute Gasteiger partial charge is 0.870 e. The van der Waals surface area contributed by atoms with E-state index in [2.05, 4.69) is 0 Å². The van der Waals surface area contributed by atoms with E-state index >= 15 is 0 Å². The molecule has 0 aliphatic heterocycles. The third-order valence-corrected chi connectivity index (χ3v) is 0. The SMILES string of the molecule is [Cr].[GaH3].[Gd].[NH4+].[OH-]. The first-order valence-electron chi connectivity index (χ1n) is 0. The number of rotatable bonds is 0. The minimum absolute atomic E-state index is 0. The van der Waals surface area contributed by atoms with Crippen molar-refractivity contribution in [3.63, 3.8) is 0 Å². The zero-order valence-corrected chi connectivity index (χ0v) is 5.75. The Morgan fingerprint density at radius 1 is 1.00 bits per heavy atom. The molecular formula is H8CrGaGdNO. The minimum atomic E-state index is 0. The summed E-state index contributed by atoms with van der Waals surface area (Å²) < 4.78 is 0. The van der Waals surface area contributed by atoms with E-state index in [1.165, 1.54) is 0 Å². The summed E-state index contributed by atoms with van der Waals surface area (Å²) in [5.74, 6) is 0. The molecule has 0 aliphatic carbocycles. The Labute approximate surface area is 87.2 Å². The monoisotopic (exact) mass is 317 g/mol. The average molecular weight is 317 g/mol. The fourth-order valence-electron chi connectivity index (χ4n) is 0. The van der Waals surface area contributed by atoms with Gasteiger partial charge >= 0.3 is 19.8 Å². The van der Waals surface area contributed by atoms with E-state index in [1.54, 1.807) is 0 Å². The van der Waals surface area contributed by atoms with Crippen molar-refractivity contribution in [2.75, 3.05) is 0 Å². The van der Waals surface area contributed by atoms with Gasteiger partial charge in [0, 0.05) is 57.3 Å². The maximum absolute atomic E-state index is 0. The molecule has 0 saturated carbocycles. The third-order valence-electron chi connectivity index (χ3n) is 0. The predicted molar refractivity (Wildman–Crippen MR) is 17.9 cm³/mol. The zero-order chi connectivity index (χ0) is 0. The molecule has 0 unspecified atom stereocenters. The third kappa shape index (κ3) is 21.4. The van der Waals surface area contributed by atoms with Gasteiger partial charge in [-0.25, -0.2) is 0 Å². The van der Waals surface area contributed by atoms with Crippen LogP contribution in [0.5, 0.6) is 0 Å². The van der Waals surface area contributed by atoms with Gasteiger partial charge in [-0.3, -0.25) is 0 Å². The first-order chi connectivity index (χ1) is 0. The molecule has 0 amide bonds. The molecule has 0 spiro atoms. The molecule has 0 fully saturated rings. The van der Waals surface area contributed by atoms with Crippen LogP contribution in [0, 0.1) is 39.9 Å². The van der Waals surface area contributed by atoms with Crippen molar-refractivity contribution < 1.29 is 62.8 Å². The summed E-state index contributed by atoms with van der Waals surface area (Å²) in [6.07, 6.45) is 0. The van der Waals surface area contributed by atoms with Gasteiger partial charge in [-0.2, -0.15) is 0 Å². The van der Waals surface area contributed by atoms with Crippen LogP contribution in [0.3, 0.4) is 0 Å². The van der Waals surface area contributed by atoms with Crippen molar-refractivity contribution in [3.05, 3.63) is 0 Å². The van der Waals surface area contributed by atoms with E-state index in [0.717, 1.165) is 0 Å². The van der Waals surface area contributed by atoms with Crippen LogP contribution in [0.1, 0.15) is 0 Å². The van der Waals surface area contributed by atoms with Gasteiger partial charge in [0.2, 0.25) is 0 Å². The van der Waals surface area contributed by atoms with Crippen LogP contribution in [-0.4, -0.2) is 25.3 Å². The second-order valence-corrected chi connectivity index (χ2v) is 0. The number of hydrogen-bond donors (Lipinski definition) is 1. The quantitative estimate of drug-likeness (QED) is 0.573. The van der Waals surface area contributed by atoms with Gasteiger partial charge in [0.1, 0.15) is 0 Å². The molecule has 0 aromatic carbocycles. The fraction of sp³-hybridized carbons (Fsp3) is 0. The Kier molecular flexibility index (Phi) is 338. The van der Waals surface area contributed by atoms with Crippen molar-refractivity contribution in [3.8, 4) is 0 Å². The number of quaternary nitrogens is 1. The molecule has 0 radical (unpaired) electrons. The first kappa shape index (κ1) is 52.4. The summed E-state index contributed by atoms with van der Waals surface area (Å²) in [5.41, 5.74) is 0. The Balaban J connectivity index is 0. The van der Waals surface area contributed by atoms with Gasteiger partial charge in [0.05, 0.1) is 0 Å². The van der Waals surface area contributed by atoms with Gasteiger partial charge in [-0.05, 0) is 0 Å². The molecule has 0 aromatic rings. The van der Waals surface area contributed by atoms with E-state index in [1.807, 2.05) is 0 Å². The average Bonchev–Trinajstić information content (AvgIpc) is 0. The van der Waals surface area contributed by atoms with Crippen LogP contribution >= 0.6 is 0 Å². The van der Waals surface area contributed by atoms with Crippen molar-refractivity contribution in [2.45, 2.75) is 0 Å². The smallest absolute Gasteiger partial charge is 0 e. The predicted octanol–water partition coefficient (Wildman–Crippen LogP) is -0.987. The van der Waals surface area contributed by atoms with E-state index in [4.69, 9.17) is 0 Å². The van der Waals surface area contributed by atoms with Gasteiger partial charge in [0.15, 0.2) is 0 Å².